The van der Waals surface area contributed by atoms with E-state index in [1.807, 2.05) is 0 Å². The van der Waals surface area contributed by atoms with Crippen LogP contribution in [0.3, 0.4) is 0 Å². The first kappa shape index (κ1) is 12.0. The molecule has 0 saturated heterocycles. The van der Waals surface area contributed by atoms with E-state index in [9.17, 15) is 13.6 Å². The zero-order chi connectivity index (χ0) is 13.4. The van der Waals surface area contributed by atoms with E-state index in [2.05, 4.69) is 5.10 Å². The van der Waals surface area contributed by atoms with Crippen LogP contribution in [0.25, 0.3) is 11.3 Å². The van der Waals surface area contributed by atoms with Crippen molar-refractivity contribution in [2.24, 2.45) is 0 Å². The van der Waals surface area contributed by atoms with E-state index < -0.39 is 11.6 Å². The Bertz CT molecular complexity index is 616. The molecule has 1 heterocycles. The summed E-state index contributed by atoms with van der Waals surface area (Å²) in [7, 11) is 0. The van der Waals surface area contributed by atoms with Crippen LogP contribution in [0.4, 0.5) is 8.78 Å². The summed E-state index contributed by atoms with van der Waals surface area (Å²) in [5, 5.41) is 4.20. The lowest BCUT2D eigenvalue weighted by Crippen LogP contribution is -2.06. The molecule has 2 aromatic rings. The molecule has 3 nitrogen and oxygen atoms in total. The van der Waals surface area contributed by atoms with Crippen molar-refractivity contribution in [2.75, 3.05) is 0 Å². The van der Waals surface area contributed by atoms with Gasteiger partial charge >= 0.3 is 0 Å². The van der Waals surface area contributed by atoms with E-state index in [-0.39, 0.29) is 23.1 Å². The van der Waals surface area contributed by atoms with Gasteiger partial charge in [0.1, 0.15) is 17.4 Å². The summed E-state index contributed by atoms with van der Waals surface area (Å²) in [6.07, 6.45) is 3.40. The van der Waals surface area contributed by atoms with Crippen LogP contribution in [0.2, 0.25) is 0 Å². The van der Waals surface area contributed by atoms with Gasteiger partial charge in [-0.2, -0.15) is 5.10 Å². The Kier molecular flexibility index (Phi) is 2.89. The number of carbonyl (C=O) groups is 1. The second kappa shape index (κ2) is 4.57. The molecule has 1 atom stereocenters. The highest BCUT2D eigenvalue weighted by Gasteiger charge is 2.24. The van der Waals surface area contributed by atoms with Gasteiger partial charge in [-0.05, 0) is 24.6 Å². The number of nitrogens with zero attached hydrogens (tertiary/aromatic N) is 2. The van der Waals surface area contributed by atoms with Gasteiger partial charge < -0.3 is 0 Å². The molecule has 0 aliphatic heterocycles. The third kappa shape index (κ3) is 2.16. The van der Waals surface area contributed by atoms with E-state index >= 15 is 0 Å². The second-order valence-corrected chi connectivity index (χ2v) is 4.71. The monoisotopic (exact) mass is 262 g/mol. The summed E-state index contributed by atoms with van der Waals surface area (Å²) in [6, 6.07) is 5.31. The van der Waals surface area contributed by atoms with Crippen molar-refractivity contribution in [3.05, 3.63) is 42.1 Å². The van der Waals surface area contributed by atoms with Crippen LogP contribution in [-0.4, -0.2) is 15.6 Å². The van der Waals surface area contributed by atoms with E-state index in [4.69, 9.17) is 0 Å². The number of carbonyl (C=O) groups excluding carboxylic acids is 1. The zero-order valence-corrected chi connectivity index (χ0v) is 10.1. The van der Waals surface area contributed by atoms with Gasteiger partial charge in [0.2, 0.25) is 0 Å². The first-order chi connectivity index (χ1) is 9.15. The van der Waals surface area contributed by atoms with Crippen molar-refractivity contribution in [1.82, 2.24) is 9.78 Å². The number of benzene rings is 1. The minimum atomic E-state index is -0.632. The quantitative estimate of drug-likeness (QED) is 0.833. The largest absolute Gasteiger partial charge is 0.300 e. The molecule has 1 unspecified atom stereocenters. The summed E-state index contributed by atoms with van der Waals surface area (Å²) in [6.45, 7) is 0. The Labute approximate surface area is 108 Å². The van der Waals surface area contributed by atoms with Gasteiger partial charge in [-0.15, -0.1) is 0 Å². The lowest BCUT2D eigenvalue weighted by Gasteiger charge is -2.08. The molecule has 0 spiro atoms. The molecule has 0 N–H and O–H groups in total. The van der Waals surface area contributed by atoms with Crippen molar-refractivity contribution in [3.63, 3.8) is 0 Å². The van der Waals surface area contributed by atoms with Gasteiger partial charge in [-0.1, -0.05) is 6.07 Å². The normalized spacial score (nSPS) is 19.1. The maximum absolute atomic E-state index is 13.6. The maximum Gasteiger partial charge on any atom is 0.135 e. The van der Waals surface area contributed by atoms with Crippen molar-refractivity contribution in [1.29, 1.82) is 0 Å². The van der Waals surface area contributed by atoms with E-state index in [0.717, 1.165) is 6.42 Å². The summed E-state index contributed by atoms with van der Waals surface area (Å²) in [4.78, 5) is 11.3. The third-order valence-electron chi connectivity index (χ3n) is 3.42. The molecule has 1 aliphatic rings. The number of hydrogen-bond acceptors (Lipinski definition) is 2. The van der Waals surface area contributed by atoms with Crippen molar-refractivity contribution in [2.45, 2.75) is 25.3 Å². The predicted octanol–water partition coefficient (Wildman–Crippen LogP) is 3.12. The highest BCUT2D eigenvalue weighted by molar-refractivity contribution is 5.80. The van der Waals surface area contributed by atoms with Gasteiger partial charge in [0.25, 0.3) is 0 Å². The molecule has 1 aromatic carbocycles. The minimum Gasteiger partial charge on any atom is -0.300 e. The molecule has 0 amide bonds. The molecule has 3 rings (SSSR count). The van der Waals surface area contributed by atoms with Gasteiger partial charge in [0.15, 0.2) is 0 Å². The smallest absolute Gasteiger partial charge is 0.135 e. The van der Waals surface area contributed by atoms with Gasteiger partial charge in [-0.25, -0.2) is 8.78 Å². The number of halogens is 2. The van der Waals surface area contributed by atoms with Crippen LogP contribution < -0.4 is 0 Å². The number of aromatic nitrogens is 2. The van der Waals surface area contributed by atoms with Gasteiger partial charge in [0.05, 0.1) is 17.3 Å². The Morgan fingerprint density at radius 2 is 1.95 bits per heavy atom. The van der Waals surface area contributed by atoms with Gasteiger partial charge in [0, 0.05) is 19.0 Å². The summed E-state index contributed by atoms with van der Waals surface area (Å²) in [5.74, 6) is -1.06. The zero-order valence-electron chi connectivity index (χ0n) is 10.1. The standard InChI is InChI=1S/C14H12F2N2O/c15-11-2-1-3-12(16)14(11)13-6-7-18(17-13)9-4-5-10(19)8-9/h1-3,6-7,9H,4-5,8H2. The fraction of sp³-hybridized carbons (Fsp3) is 0.286. The molecular formula is C14H12F2N2O. The van der Waals surface area contributed by atoms with Crippen LogP contribution >= 0.6 is 0 Å². The predicted molar refractivity (Wildman–Crippen MR) is 65.5 cm³/mol. The topological polar surface area (TPSA) is 34.9 Å². The van der Waals surface area contributed by atoms with Crippen molar-refractivity contribution in [3.8, 4) is 11.3 Å². The lowest BCUT2D eigenvalue weighted by atomic mass is 10.1. The van der Waals surface area contributed by atoms with Crippen LogP contribution in [0.1, 0.15) is 25.3 Å². The molecule has 0 radical (unpaired) electrons. The fourth-order valence-electron chi connectivity index (χ4n) is 2.44. The molecule has 5 heteroatoms. The summed E-state index contributed by atoms with van der Waals surface area (Å²) in [5.41, 5.74) is 0.139. The molecule has 19 heavy (non-hydrogen) atoms. The summed E-state index contributed by atoms with van der Waals surface area (Å²) < 4.78 is 28.9. The molecule has 1 saturated carbocycles. The van der Waals surface area contributed by atoms with E-state index in [1.54, 1.807) is 16.9 Å². The fourth-order valence-corrected chi connectivity index (χ4v) is 2.44. The van der Waals surface area contributed by atoms with Gasteiger partial charge in [-0.3, -0.25) is 9.48 Å². The number of ketones is 1. The molecule has 1 aliphatic carbocycles. The molecule has 0 bridgehead atoms. The Balaban J connectivity index is 1.95. The Morgan fingerprint density at radius 3 is 2.58 bits per heavy atom. The average Bonchev–Trinajstić information content (AvgIpc) is 2.98. The number of Topliss-reactive ketones (excluding diaryl/α,β-unsaturated/α-hetero) is 1. The molecular weight excluding hydrogens is 250 g/mol. The second-order valence-electron chi connectivity index (χ2n) is 4.71. The molecule has 98 valence electrons. The summed E-state index contributed by atoms with van der Waals surface area (Å²) >= 11 is 0. The van der Waals surface area contributed by atoms with E-state index in [1.165, 1.54) is 18.2 Å². The van der Waals surface area contributed by atoms with E-state index in [0.29, 0.717) is 12.8 Å². The first-order valence-electron chi connectivity index (χ1n) is 6.16. The molecule has 1 aromatic heterocycles. The highest BCUT2D eigenvalue weighted by Crippen LogP contribution is 2.29. The van der Waals surface area contributed by atoms with Crippen LogP contribution in [0, 0.1) is 11.6 Å². The minimum absolute atomic E-state index is 0.0103. The number of hydrogen-bond donors (Lipinski definition) is 0. The Hall–Kier alpha value is -2.04. The van der Waals surface area contributed by atoms with Crippen molar-refractivity contribution < 1.29 is 13.6 Å². The average molecular weight is 262 g/mol. The first-order valence-corrected chi connectivity index (χ1v) is 6.16. The van der Waals surface area contributed by atoms with Crippen LogP contribution in [0.15, 0.2) is 30.5 Å². The number of rotatable bonds is 2. The van der Waals surface area contributed by atoms with Crippen LogP contribution in [-0.2, 0) is 4.79 Å². The highest BCUT2D eigenvalue weighted by atomic mass is 19.1. The Morgan fingerprint density at radius 1 is 1.21 bits per heavy atom. The molecule has 1 fully saturated rings. The maximum atomic E-state index is 13.6. The SMILES string of the molecule is O=C1CCC(n2ccc(-c3c(F)cccc3F)n2)C1. The van der Waals surface area contributed by atoms with Crippen LogP contribution in [0.5, 0.6) is 0 Å². The van der Waals surface area contributed by atoms with Crippen molar-refractivity contribution >= 4 is 5.78 Å². The third-order valence-corrected chi connectivity index (χ3v) is 3.42. The lowest BCUT2D eigenvalue weighted by molar-refractivity contribution is -0.117.